The van der Waals surface area contributed by atoms with Crippen molar-refractivity contribution in [3.63, 3.8) is 0 Å². The third-order valence-corrected chi connectivity index (χ3v) is 9.91. The van der Waals surface area contributed by atoms with E-state index in [-0.39, 0.29) is 29.1 Å². The number of piperidine rings is 1. The van der Waals surface area contributed by atoms with Crippen molar-refractivity contribution in [2.24, 2.45) is 0 Å². The minimum Gasteiger partial charge on any atom is -0.341 e. The number of carbonyl (C=O) groups excluding carboxylic acids is 1. The topological polar surface area (TPSA) is 60.9 Å². The largest absolute Gasteiger partial charge is 0.419 e. The van der Waals surface area contributed by atoms with E-state index in [4.69, 9.17) is 23.2 Å². The van der Waals surface area contributed by atoms with Crippen LogP contribution < -0.4 is 0 Å². The van der Waals surface area contributed by atoms with Gasteiger partial charge < -0.3 is 9.80 Å². The highest BCUT2D eigenvalue weighted by molar-refractivity contribution is 7.88. The third kappa shape index (κ3) is 8.13. The highest BCUT2D eigenvalue weighted by Gasteiger charge is 2.39. The van der Waals surface area contributed by atoms with Crippen LogP contribution in [-0.2, 0) is 33.0 Å². The van der Waals surface area contributed by atoms with Crippen molar-refractivity contribution in [1.29, 1.82) is 0 Å². The average Bonchev–Trinajstić information content (AvgIpc) is 2.88. The molecule has 0 N–H and O–H groups in total. The van der Waals surface area contributed by atoms with Gasteiger partial charge in [-0.1, -0.05) is 42.3 Å². The van der Waals surface area contributed by atoms with Crippen molar-refractivity contribution in [2.75, 3.05) is 39.5 Å². The van der Waals surface area contributed by atoms with Gasteiger partial charge in [-0.05, 0) is 81.2 Å². The summed E-state index contributed by atoms with van der Waals surface area (Å²) in [6.07, 6.45) is -1.89. The minimum atomic E-state index is -4.81. The second-order valence-corrected chi connectivity index (χ2v) is 13.5. The summed E-state index contributed by atoms with van der Waals surface area (Å²) in [4.78, 5) is 17.5. The molecule has 13 heteroatoms. The van der Waals surface area contributed by atoms with E-state index in [2.05, 4.69) is 4.90 Å². The van der Waals surface area contributed by atoms with Crippen molar-refractivity contribution < 1.29 is 30.8 Å². The Morgan fingerprint density at radius 2 is 1.71 bits per heavy atom. The first-order valence-electron chi connectivity index (χ1n) is 13.2. The van der Waals surface area contributed by atoms with Gasteiger partial charge in [0.1, 0.15) is 5.82 Å². The van der Waals surface area contributed by atoms with Gasteiger partial charge in [0.2, 0.25) is 15.9 Å². The number of likely N-dealkylation sites (N-methyl/N-ethyl adjacent to an activating group) is 1. The lowest BCUT2D eigenvalue weighted by atomic mass is 9.77. The molecule has 0 spiro atoms. The molecule has 1 amide bonds. The van der Waals surface area contributed by atoms with Gasteiger partial charge in [0.05, 0.1) is 27.3 Å². The second-order valence-electron chi connectivity index (χ2n) is 10.7. The van der Waals surface area contributed by atoms with Gasteiger partial charge in [-0.25, -0.2) is 12.8 Å². The molecule has 228 valence electrons. The number of benzene rings is 2. The Morgan fingerprint density at radius 1 is 1.07 bits per heavy atom. The van der Waals surface area contributed by atoms with Gasteiger partial charge in [0.15, 0.2) is 0 Å². The maximum Gasteiger partial charge on any atom is 0.419 e. The van der Waals surface area contributed by atoms with E-state index in [0.29, 0.717) is 62.1 Å². The van der Waals surface area contributed by atoms with Gasteiger partial charge in [-0.3, -0.25) is 4.79 Å². The summed E-state index contributed by atoms with van der Waals surface area (Å²) in [5, 5.41) is 0.601. The van der Waals surface area contributed by atoms with E-state index in [1.165, 1.54) is 22.5 Å². The van der Waals surface area contributed by atoms with Crippen molar-refractivity contribution in [3.05, 3.63) is 69.0 Å². The number of hydrogen-bond donors (Lipinski definition) is 0. The smallest absolute Gasteiger partial charge is 0.341 e. The fourth-order valence-electron chi connectivity index (χ4n) is 5.44. The molecule has 1 aliphatic heterocycles. The van der Waals surface area contributed by atoms with Crippen LogP contribution in [0, 0.1) is 5.82 Å². The summed E-state index contributed by atoms with van der Waals surface area (Å²) >= 11 is 12.4. The lowest BCUT2D eigenvalue weighted by Gasteiger charge is -2.39. The fourth-order valence-corrected chi connectivity index (χ4v) is 6.96. The van der Waals surface area contributed by atoms with E-state index in [1.807, 2.05) is 6.92 Å². The van der Waals surface area contributed by atoms with Crippen LogP contribution in [0.25, 0.3) is 0 Å². The highest BCUT2D eigenvalue weighted by Crippen LogP contribution is 2.36. The Hall–Kier alpha value is -1.92. The predicted molar refractivity (Wildman–Crippen MR) is 153 cm³/mol. The molecule has 1 unspecified atom stereocenters. The third-order valence-electron chi connectivity index (χ3n) is 7.76. The molecule has 1 atom stereocenters. The minimum absolute atomic E-state index is 0.0791. The summed E-state index contributed by atoms with van der Waals surface area (Å²) in [6, 6.07) is 7.50. The maximum absolute atomic E-state index is 14.2. The number of rotatable bonds is 10. The Balaban J connectivity index is 1.79. The molecule has 1 fully saturated rings. The number of alkyl halides is 3. The zero-order valence-electron chi connectivity index (χ0n) is 23.4. The van der Waals surface area contributed by atoms with Crippen LogP contribution in [0.3, 0.4) is 0 Å². The molecule has 0 aliphatic carbocycles. The quantitative estimate of drug-likeness (QED) is 0.290. The summed E-state index contributed by atoms with van der Waals surface area (Å²) in [7, 11) is -1.79. The molecule has 0 radical (unpaired) electrons. The van der Waals surface area contributed by atoms with Gasteiger partial charge in [0, 0.05) is 26.2 Å². The number of nitrogens with zero attached hydrogens (tertiary/aromatic N) is 3. The average molecular weight is 641 g/mol. The van der Waals surface area contributed by atoms with Crippen LogP contribution in [-0.4, -0.2) is 74.0 Å². The van der Waals surface area contributed by atoms with E-state index in [9.17, 15) is 30.8 Å². The molecule has 1 aliphatic rings. The van der Waals surface area contributed by atoms with Gasteiger partial charge in [-0.15, -0.1) is 0 Å². The Kier molecular flexibility index (Phi) is 10.8. The first-order valence-corrected chi connectivity index (χ1v) is 15.8. The van der Waals surface area contributed by atoms with E-state index in [1.54, 1.807) is 25.1 Å². The van der Waals surface area contributed by atoms with Gasteiger partial charge >= 0.3 is 6.18 Å². The lowest BCUT2D eigenvalue weighted by molar-refractivity contribution is -0.140. The molecule has 41 heavy (non-hydrogen) atoms. The fraction of sp³-hybridized carbons (Fsp3) is 0.536. The molecule has 2 aromatic rings. The molecular weight excluding hydrogens is 605 g/mol. The zero-order chi connectivity index (χ0) is 30.8. The normalized spacial score (nSPS) is 17.0. The standard InChI is InChI=1S/C28H35Cl2F4N3O3S/c1-5-37(41(4,39)40)21-10-13-36(14-11-21)15-12-27(2,20-7-9-23(29)24(30)17-20)26(38)35(3)18-19-6-8-22(25(31)16-19)28(32,33)34/h6-9,16-17,21H,5,10-15,18H2,1-4H3. The number of sulfonamides is 1. The Bertz CT molecular complexity index is 1350. The monoisotopic (exact) mass is 639 g/mol. The number of hydrogen-bond acceptors (Lipinski definition) is 4. The molecule has 1 saturated heterocycles. The number of carbonyl (C=O) groups is 1. The predicted octanol–water partition coefficient (Wildman–Crippen LogP) is 6.20. The SMILES string of the molecule is CCN(C1CCN(CCC(C)(C(=O)N(C)Cc2ccc(C(F)(F)F)c(F)c2)c2ccc(Cl)c(Cl)c2)CC1)S(C)(=O)=O. The first kappa shape index (κ1) is 33.6. The van der Waals surface area contributed by atoms with Crippen LogP contribution in [0.2, 0.25) is 10.0 Å². The Morgan fingerprint density at radius 3 is 2.22 bits per heavy atom. The first-order chi connectivity index (χ1) is 19.0. The molecule has 0 saturated carbocycles. The van der Waals surface area contributed by atoms with Crippen molar-refractivity contribution in [1.82, 2.24) is 14.1 Å². The van der Waals surface area contributed by atoms with Crippen molar-refractivity contribution >= 4 is 39.1 Å². The molecule has 2 aromatic carbocycles. The number of halogens is 6. The molecule has 6 nitrogen and oxygen atoms in total. The number of amides is 1. The van der Waals surface area contributed by atoms with E-state index < -0.39 is 33.0 Å². The van der Waals surface area contributed by atoms with Crippen LogP contribution in [0.15, 0.2) is 36.4 Å². The van der Waals surface area contributed by atoms with Crippen LogP contribution in [0.4, 0.5) is 17.6 Å². The van der Waals surface area contributed by atoms with Crippen molar-refractivity contribution in [2.45, 2.75) is 57.3 Å². The molecule has 3 rings (SSSR count). The van der Waals surface area contributed by atoms with Crippen LogP contribution >= 0.6 is 23.2 Å². The Labute approximate surface area is 249 Å². The zero-order valence-corrected chi connectivity index (χ0v) is 25.8. The lowest BCUT2D eigenvalue weighted by Crippen LogP contribution is -2.49. The van der Waals surface area contributed by atoms with Crippen LogP contribution in [0.1, 0.15) is 49.8 Å². The molecular formula is C28H35Cl2F4N3O3S. The van der Waals surface area contributed by atoms with E-state index in [0.717, 1.165) is 12.1 Å². The summed E-state index contributed by atoms with van der Waals surface area (Å²) < 4.78 is 78.9. The molecule has 1 heterocycles. The molecule has 0 aromatic heterocycles. The summed E-state index contributed by atoms with van der Waals surface area (Å²) in [5.74, 6) is -1.72. The van der Waals surface area contributed by atoms with Crippen LogP contribution in [0.5, 0.6) is 0 Å². The maximum atomic E-state index is 14.2. The highest BCUT2D eigenvalue weighted by atomic mass is 35.5. The van der Waals surface area contributed by atoms with Gasteiger partial charge in [0.25, 0.3) is 0 Å². The number of likely N-dealkylation sites (tertiary alicyclic amines) is 1. The van der Waals surface area contributed by atoms with E-state index >= 15 is 0 Å². The van der Waals surface area contributed by atoms with Crippen molar-refractivity contribution in [3.8, 4) is 0 Å². The van der Waals surface area contributed by atoms with Gasteiger partial charge in [-0.2, -0.15) is 17.5 Å². The summed E-state index contributed by atoms with van der Waals surface area (Å²) in [6.45, 7) is 5.73. The molecule has 0 bridgehead atoms. The second kappa shape index (κ2) is 13.2. The summed E-state index contributed by atoms with van der Waals surface area (Å²) in [5.41, 5.74) is -1.62.